The van der Waals surface area contributed by atoms with Crippen LogP contribution in [0.3, 0.4) is 0 Å². The molecule has 4 saturated carbocycles. The monoisotopic (exact) mass is 694 g/mol. The van der Waals surface area contributed by atoms with Crippen molar-refractivity contribution in [2.24, 2.45) is 50.7 Å². The second kappa shape index (κ2) is 12.4. The number of aliphatic carboxylic acids is 1. The van der Waals surface area contributed by atoms with Gasteiger partial charge in [0.2, 0.25) is 5.91 Å². The van der Waals surface area contributed by atoms with Crippen molar-refractivity contribution < 1.29 is 29.0 Å². The third kappa shape index (κ3) is 5.54. The van der Waals surface area contributed by atoms with Crippen LogP contribution < -0.4 is 5.32 Å². The molecule has 1 saturated heterocycles. The molecule has 0 bridgehead atoms. The highest BCUT2D eigenvalue weighted by molar-refractivity contribution is 6.02. The van der Waals surface area contributed by atoms with Crippen LogP contribution in [0.4, 0.5) is 0 Å². The first-order chi connectivity index (χ1) is 23.1. The van der Waals surface area contributed by atoms with Crippen LogP contribution in [0.1, 0.15) is 146 Å². The summed E-state index contributed by atoms with van der Waals surface area (Å²) in [5.74, 6) is 0.184. The Hall–Kier alpha value is -2.22. The van der Waals surface area contributed by atoms with E-state index in [2.05, 4.69) is 65.7 Å². The Morgan fingerprint density at radius 1 is 0.920 bits per heavy atom. The number of amides is 1. The van der Waals surface area contributed by atoms with E-state index in [1.165, 1.54) is 5.57 Å². The summed E-state index contributed by atoms with van der Waals surface area (Å²) in [5.41, 5.74) is 0.441. The number of Topliss-reactive ketones (excluding diaryl/α,β-unsaturated/α-hetero) is 1. The normalized spacial score (nSPS) is 41.5. The minimum Gasteiger partial charge on any atom is -0.481 e. The molecule has 5 aliphatic carbocycles. The summed E-state index contributed by atoms with van der Waals surface area (Å²) >= 11 is 0. The maximum absolute atomic E-state index is 14.0. The number of ether oxygens (including phenoxy) is 1. The molecule has 0 aromatic carbocycles. The fourth-order valence-corrected chi connectivity index (χ4v) is 13.3. The molecule has 8 nitrogen and oxygen atoms in total. The van der Waals surface area contributed by atoms with Crippen molar-refractivity contribution in [1.29, 1.82) is 0 Å². The SMILES string of the molecule is CC(C)C1=C2[C@H]3CC[C@@H]4[C@@]5(C)CC[C@H](OC(=O)CC(C)(C)C(=O)O)C(C)(C)[C@@H]5CC[C@@]4(C)[C@]3(C)CC[C@@]2(NC(=O)C2CCCCN2C)CC1=O. The van der Waals surface area contributed by atoms with Crippen molar-refractivity contribution in [2.75, 3.05) is 13.6 Å². The average Bonchev–Trinajstić information content (AvgIpc) is 3.30. The number of carbonyl (C=O) groups excluding carboxylic acids is 3. The highest BCUT2D eigenvalue weighted by Crippen LogP contribution is 2.76. The van der Waals surface area contributed by atoms with Crippen molar-refractivity contribution in [3.8, 4) is 0 Å². The molecule has 0 aromatic heterocycles. The highest BCUT2D eigenvalue weighted by atomic mass is 16.5. The number of nitrogens with one attached hydrogen (secondary N) is 1. The number of carbonyl (C=O) groups is 4. The van der Waals surface area contributed by atoms with Gasteiger partial charge >= 0.3 is 11.9 Å². The molecule has 50 heavy (non-hydrogen) atoms. The van der Waals surface area contributed by atoms with Crippen LogP contribution in [0.25, 0.3) is 0 Å². The number of allylic oxidation sites excluding steroid dienone is 1. The van der Waals surface area contributed by atoms with Gasteiger partial charge in [-0.1, -0.05) is 54.9 Å². The first kappa shape index (κ1) is 37.5. The van der Waals surface area contributed by atoms with Crippen molar-refractivity contribution in [1.82, 2.24) is 10.2 Å². The van der Waals surface area contributed by atoms with E-state index in [1.54, 1.807) is 13.8 Å². The van der Waals surface area contributed by atoms with Crippen LogP contribution in [0.15, 0.2) is 11.1 Å². The molecule has 2 N–H and O–H groups in total. The van der Waals surface area contributed by atoms with E-state index in [-0.39, 0.29) is 63.8 Å². The maximum Gasteiger partial charge on any atom is 0.309 e. The molecule has 0 aromatic rings. The molecule has 1 aliphatic heterocycles. The zero-order valence-electron chi connectivity index (χ0n) is 32.8. The number of rotatable bonds is 7. The highest BCUT2D eigenvalue weighted by Gasteiger charge is 2.70. The van der Waals surface area contributed by atoms with Gasteiger partial charge in [-0.05, 0) is 143 Å². The van der Waals surface area contributed by atoms with Gasteiger partial charge in [-0.2, -0.15) is 0 Å². The molecule has 6 aliphatic rings. The number of likely N-dealkylation sites (N-methyl/N-ethyl adjacent to an activating group) is 1. The van der Waals surface area contributed by atoms with Gasteiger partial charge in [0.05, 0.1) is 23.4 Å². The smallest absolute Gasteiger partial charge is 0.309 e. The zero-order valence-corrected chi connectivity index (χ0v) is 32.8. The number of nitrogens with zero attached hydrogens (tertiary/aromatic N) is 1. The molecule has 8 heteroatoms. The Labute approximate surface area is 301 Å². The maximum atomic E-state index is 14.0. The summed E-state index contributed by atoms with van der Waals surface area (Å²) in [6.07, 6.45) is 11.0. The van der Waals surface area contributed by atoms with E-state index in [0.717, 1.165) is 82.7 Å². The van der Waals surface area contributed by atoms with Gasteiger partial charge in [0.25, 0.3) is 0 Å². The lowest BCUT2D eigenvalue weighted by Gasteiger charge is -2.72. The Morgan fingerprint density at radius 2 is 1.62 bits per heavy atom. The minimum absolute atomic E-state index is 0.00425. The van der Waals surface area contributed by atoms with Gasteiger partial charge in [0.15, 0.2) is 5.78 Å². The molecule has 1 heterocycles. The van der Waals surface area contributed by atoms with Crippen LogP contribution in [0.5, 0.6) is 0 Å². The van der Waals surface area contributed by atoms with E-state index in [4.69, 9.17) is 4.74 Å². The summed E-state index contributed by atoms with van der Waals surface area (Å²) in [4.78, 5) is 55.0. The minimum atomic E-state index is -1.16. The zero-order chi connectivity index (χ0) is 36.8. The Morgan fingerprint density at radius 3 is 2.26 bits per heavy atom. The lowest BCUT2D eigenvalue weighted by atomic mass is 9.33. The molecule has 280 valence electrons. The number of carboxylic acids is 1. The average molecular weight is 695 g/mol. The van der Waals surface area contributed by atoms with E-state index in [0.29, 0.717) is 18.3 Å². The van der Waals surface area contributed by atoms with Crippen molar-refractivity contribution in [3.05, 3.63) is 11.1 Å². The van der Waals surface area contributed by atoms with Gasteiger partial charge in [-0.15, -0.1) is 0 Å². The predicted molar refractivity (Wildman–Crippen MR) is 194 cm³/mol. The number of hydrogen-bond donors (Lipinski definition) is 2. The molecule has 0 radical (unpaired) electrons. The molecular formula is C42H66N2O6. The van der Waals surface area contributed by atoms with Crippen LogP contribution >= 0.6 is 0 Å². The summed E-state index contributed by atoms with van der Waals surface area (Å²) < 4.78 is 6.16. The third-order valence-corrected chi connectivity index (χ3v) is 16.2. The van der Waals surface area contributed by atoms with E-state index >= 15 is 0 Å². The fraction of sp³-hybridized carbons (Fsp3) is 0.857. The number of likely N-dealkylation sites (tertiary alicyclic amines) is 1. The standard InChI is InChI=1S/C42H66N2O6/c1-25(2)33-28(45)23-42(43-35(47)27-13-11-12-22-44(27)10)21-20-40(8)26(34(33)42)14-15-30-39(7)18-17-31(50-32(46)24-37(3,4)36(48)49)38(5,6)29(39)16-19-41(30,40)9/h25-27,29-31H,11-24H2,1-10H3,(H,43,47)(H,48,49)/t26-,27?,29+,30-,31+,39+,40-,41-,42-/m1/s1. The second-order valence-corrected chi connectivity index (χ2v) is 20.0. The van der Waals surface area contributed by atoms with Crippen LogP contribution in [-0.4, -0.2) is 64.9 Å². The van der Waals surface area contributed by atoms with Crippen LogP contribution in [-0.2, 0) is 23.9 Å². The second-order valence-electron chi connectivity index (χ2n) is 20.0. The van der Waals surface area contributed by atoms with Crippen molar-refractivity contribution in [2.45, 2.75) is 163 Å². The molecule has 6 rings (SSSR count). The number of esters is 1. The van der Waals surface area contributed by atoms with Gasteiger partial charge in [-0.25, -0.2) is 0 Å². The Balaban J connectivity index is 1.29. The van der Waals surface area contributed by atoms with E-state index in [1.807, 2.05) is 0 Å². The Kier molecular flexibility index (Phi) is 9.34. The Bertz CT molecular complexity index is 1460. The van der Waals surface area contributed by atoms with Gasteiger partial charge in [0, 0.05) is 11.8 Å². The molecule has 0 spiro atoms. The topological polar surface area (TPSA) is 113 Å². The molecule has 9 atom stereocenters. The summed E-state index contributed by atoms with van der Waals surface area (Å²) in [7, 11) is 2.06. The molecule has 1 amide bonds. The van der Waals surface area contributed by atoms with Gasteiger partial charge in [-0.3, -0.25) is 24.1 Å². The molecule has 5 fully saturated rings. The summed E-state index contributed by atoms with van der Waals surface area (Å²) in [6, 6.07) is -0.129. The van der Waals surface area contributed by atoms with E-state index in [9.17, 15) is 24.3 Å². The predicted octanol–water partition coefficient (Wildman–Crippen LogP) is 7.73. The number of hydrogen-bond acceptors (Lipinski definition) is 6. The first-order valence-corrected chi connectivity index (χ1v) is 19.9. The van der Waals surface area contributed by atoms with Gasteiger partial charge < -0.3 is 15.2 Å². The summed E-state index contributed by atoms with van der Waals surface area (Å²) in [6.45, 7) is 20.6. The molecule has 1 unspecified atom stereocenters. The van der Waals surface area contributed by atoms with E-state index < -0.39 is 22.9 Å². The van der Waals surface area contributed by atoms with Crippen molar-refractivity contribution in [3.63, 3.8) is 0 Å². The number of carboxylic acid groups (broad SMARTS) is 1. The van der Waals surface area contributed by atoms with Crippen LogP contribution in [0.2, 0.25) is 0 Å². The first-order valence-electron chi connectivity index (χ1n) is 19.9. The largest absolute Gasteiger partial charge is 0.481 e. The number of piperidine rings is 1. The lowest BCUT2D eigenvalue weighted by molar-refractivity contribution is -0.232. The number of ketones is 1. The van der Waals surface area contributed by atoms with Crippen LogP contribution in [0, 0.1) is 50.7 Å². The fourth-order valence-electron chi connectivity index (χ4n) is 13.3. The van der Waals surface area contributed by atoms with Crippen molar-refractivity contribution >= 4 is 23.6 Å². The molecular weight excluding hydrogens is 628 g/mol. The van der Waals surface area contributed by atoms with Gasteiger partial charge in [0.1, 0.15) is 6.10 Å². The lowest BCUT2D eigenvalue weighted by Crippen LogP contribution is -2.67. The summed E-state index contributed by atoms with van der Waals surface area (Å²) in [5, 5.41) is 13.2. The number of fused-ring (bicyclic) bond motifs is 7. The quantitative estimate of drug-likeness (QED) is 0.262. The third-order valence-electron chi connectivity index (χ3n) is 16.2.